The highest BCUT2D eigenvalue weighted by Crippen LogP contribution is 2.15. The van der Waals surface area contributed by atoms with Gasteiger partial charge in [0.1, 0.15) is 6.04 Å². The number of hydrogen-bond donors (Lipinski definition) is 1. The second-order valence-electron chi connectivity index (χ2n) is 5.89. The average molecular weight is 276 g/mol. The van der Waals surface area contributed by atoms with Gasteiger partial charge in [0.2, 0.25) is 0 Å². The normalized spacial score (nSPS) is 18.9. The fourth-order valence-electron chi connectivity index (χ4n) is 2.92. The van der Waals surface area contributed by atoms with Gasteiger partial charge in [0.15, 0.2) is 0 Å². The molecule has 1 atom stereocenters. The van der Waals surface area contributed by atoms with Gasteiger partial charge in [-0.15, -0.1) is 0 Å². The van der Waals surface area contributed by atoms with Crippen LogP contribution in [0, 0.1) is 13.8 Å². The quantitative estimate of drug-likeness (QED) is 0.906. The first kappa shape index (κ1) is 15.0. The van der Waals surface area contributed by atoms with Crippen molar-refractivity contribution in [2.75, 3.05) is 33.2 Å². The topological polar surface area (TPSA) is 43.8 Å². The van der Waals surface area contributed by atoms with Crippen molar-refractivity contribution in [1.82, 2.24) is 9.80 Å². The predicted molar refractivity (Wildman–Crippen MR) is 80.1 cm³/mol. The molecule has 1 aliphatic heterocycles. The highest BCUT2D eigenvalue weighted by atomic mass is 16.4. The summed E-state index contributed by atoms with van der Waals surface area (Å²) in [6, 6.07) is 5.90. The van der Waals surface area contributed by atoms with Crippen LogP contribution in [0.2, 0.25) is 0 Å². The van der Waals surface area contributed by atoms with E-state index < -0.39 is 12.0 Å². The van der Waals surface area contributed by atoms with Gasteiger partial charge in [-0.3, -0.25) is 9.69 Å². The van der Waals surface area contributed by atoms with Crippen molar-refractivity contribution < 1.29 is 9.90 Å². The lowest BCUT2D eigenvalue weighted by Crippen LogP contribution is -2.52. The molecular weight excluding hydrogens is 252 g/mol. The van der Waals surface area contributed by atoms with Gasteiger partial charge in [-0.05, 0) is 32.9 Å². The van der Waals surface area contributed by atoms with Crippen LogP contribution in [0.15, 0.2) is 18.2 Å². The number of aliphatic carboxylic acids is 1. The molecule has 0 aliphatic carbocycles. The van der Waals surface area contributed by atoms with E-state index in [4.69, 9.17) is 0 Å². The van der Waals surface area contributed by atoms with E-state index in [1.54, 1.807) is 0 Å². The van der Waals surface area contributed by atoms with Gasteiger partial charge in [0.05, 0.1) is 0 Å². The summed E-state index contributed by atoms with van der Waals surface area (Å²) in [5.74, 6) is -0.714. The molecule has 1 unspecified atom stereocenters. The SMILES string of the molecule is Cc1cc(C)cc(CC(C(=O)O)N2CCN(C)CC2)c1. The van der Waals surface area contributed by atoms with Crippen LogP contribution in [0.4, 0.5) is 0 Å². The van der Waals surface area contributed by atoms with E-state index in [0.717, 1.165) is 31.7 Å². The Morgan fingerprint density at radius 1 is 1.15 bits per heavy atom. The van der Waals surface area contributed by atoms with Gasteiger partial charge >= 0.3 is 5.97 Å². The third-order valence-electron chi connectivity index (χ3n) is 3.97. The minimum Gasteiger partial charge on any atom is -0.480 e. The lowest BCUT2D eigenvalue weighted by Gasteiger charge is -2.36. The number of carboxylic acid groups (broad SMARTS) is 1. The maximum Gasteiger partial charge on any atom is 0.321 e. The second-order valence-corrected chi connectivity index (χ2v) is 5.89. The molecule has 1 heterocycles. The Bertz CT molecular complexity index is 459. The zero-order valence-electron chi connectivity index (χ0n) is 12.6. The maximum atomic E-state index is 11.6. The van der Waals surface area contributed by atoms with E-state index in [0.29, 0.717) is 6.42 Å². The van der Waals surface area contributed by atoms with Gasteiger partial charge in [0, 0.05) is 26.2 Å². The zero-order chi connectivity index (χ0) is 14.7. The van der Waals surface area contributed by atoms with E-state index in [1.165, 1.54) is 11.1 Å². The summed E-state index contributed by atoms with van der Waals surface area (Å²) in [5.41, 5.74) is 3.51. The molecule has 0 spiro atoms. The van der Waals surface area contributed by atoms with Crippen molar-refractivity contribution in [1.29, 1.82) is 0 Å². The lowest BCUT2D eigenvalue weighted by molar-refractivity contribution is -0.144. The van der Waals surface area contributed by atoms with Crippen molar-refractivity contribution in [3.05, 3.63) is 34.9 Å². The number of carbonyl (C=O) groups is 1. The van der Waals surface area contributed by atoms with Gasteiger partial charge in [-0.2, -0.15) is 0 Å². The molecule has 1 saturated heterocycles. The summed E-state index contributed by atoms with van der Waals surface area (Å²) in [4.78, 5) is 15.9. The van der Waals surface area contributed by atoms with E-state index >= 15 is 0 Å². The molecule has 1 fully saturated rings. The number of rotatable bonds is 4. The summed E-state index contributed by atoms with van der Waals surface area (Å²) in [7, 11) is 2.08. The van der Waals surface area contributed by atoms with Crippen molar-refractivity contribution in [2.24, 2.45) is 0 Å². The molecule has 0 amide bonds. The van der Waals surface area contributed by atoms with E-state index in [2.05, 4.69) is 48.9 Å². The predicted octanol–water partition coefficient (Wildman–Crippen LogP) is 1.55. The molecule has 4 heteroatoms. The van der Waals surface area contributed by atoms with Crippen LogP contribution < -0.4 is 0 Å². The molecule has 0 radical (unpaired) electrons. The van der Waals surface area contributed by atoms with E-state index in [1.807, 2.05) is 0 Å². The Balaban J connectivity index is 2.11. The lowest BCUT2D eigenvalue weighted by atomic mass is 10.00. The number of nitrogens with zero attached hydrogens (tertiary/aromatic N) is 2. The molecular formula is C16H24N2O2. The minimum atomic E-state index is -0.714. The molecule has 110 valence electrons. The Hall–Kier alpha value is -1.39. The number of piperazine rings is 1. The number of likely N-dealkylation sites (N-methyl/N-ethyl adjacent to an activating group) is 1. The third-order valence-corrected chi connectivity index (χ3v) is 3.97. The van der Waals surface area contributed by atoms with Crippen molar-refractivity contribution in [3.63, 3.8) is 0 Å². The fourth-order valence-corrected chi connectivity index (χ4v) is 2.92. The van der Waals surface area contributed by atoms with Crippen LogP contribution in [0.5, 0.6) is 0 Å². The van der Waals surface area contributed by atoms with Crippen LogP contribution in [-0.4, -0.2) is 60.1 Å². The Morgan fingerprint density at radius 2 is 1.70 bits per heavy atom. The fraction of sp³-hybridized carbons (Fsp3) is 0.562. The molecule has 1 aromatic carbocycles. The molecule has 1 N–H and O–H groups in total. The van der Waals surface area contributed by atoms with Crippen molar-refractivity contribution >= 4 is 5.97 Å². The average Bonchev–Trinajstić information content (AvgIpc) is 2.36. The molecule has 1 aromatic rings. The van der Waals surface area contributed by atoms with Crippen LogP contribution in [-0.2, 0) is 11.2 Å². The number of hydrogen-bond acceptors (Lipinski definition) is 3. The number of aryl methyl sites for hydroxylation is 2. The third kappa shape index (κ3) is 3.81. The molecule has 20 heavy (non-hydrogen) atoms. The Kier molecular flexibility index (Phi) is 4.78. The number of benzene rings is 1. The molecule has 1 aliphatic rings. The van der Waals surface area contributed by atoms with E-state index in [9.17, 15) is 9.90 Å². The van der Waals surface area contributed by atoms with Crippen LogP contribution in [0.3, 0.4) is 0 Å². The molecule has 0 bridgehead atoms. The molecule has 2 rings (SSSR count). The minimum absolute atomic E-state index is 0.412. The Morgan fingerprint density at radius 3 is 2.20 bits per heavy atom. The van der Waals surface area contributed by atoms with Gasteiger partial charge in [-0.25, -0.2) is 0 Å². The number of carboxylic acids is 1. The highest BCUT2D eigenvalue weighted by molar-refractivity contribution is 5.74. The van der Waals surface area contributed by atoms with E-state index in [-0.39, 0.29) is 0 Å². The smallest absolute Gasteiger partial charge is 0.321 e. The summed E-state index contributed by atoms with van der Waals surface area (Å²) in [6.07, 6.45) is 0.585. The van der Waals surface area contributed by atoms with Gasteiger partial charge in [-0.1, -0.05) is 29.3 Å². The first-order valence-corrected chi connectivity index (χ1v) is 7.18. The first-order valence-electron chi connectivity index (χ1n) is 7.18. The van der Waals surface area contributed by atoms with Gasteiger partial charge < -0.3 is 10.0 Å². The first-order chi connectivity index (χ1) is 9.45. The molecule has 4 nitrogen and oxygen atoms in total. The second kappa shape index (κ2) is 6.37. The largest absolute Gasteiger partial charge is 0.480 e. The van der Waals surface area contributed by atoms with Crippen LogP contribution in [0.25, 0.3) is 0 Å². The monoisotopic (exact) mass is 276 g/mol. The Labute approximate surface area is 121 Å². The summed E-state index contributed by atoms with van der Waals surface area (Å²) < 4.78 is 0. The van der Waals surface area contributed by atoms with Crippen molar-refractivity contribution in [2.45, 2.75) is 26.3 Å². The zero-order valence-corrected chi connectivity index (χ0v) is 12.6. The summed E-state index contributed by atoms with van der Waals surface area (Å²) in [5, 5.41) is 9.54. The molecule has 0 aromatic heterocycles. The standard InChI is InChI=1S/C16H24N2O2/c1-12-8-13(2)10-14(9-12)11-15(16(19)20)18-6-4-17(3)5-7-18/h8-10,15H,4-7,11H2,1-3H3,(H,19,20). The summed E-state index contributed by atoms with van der Waals surface area (Å²) >= 11 is 0. The van der Waals surface area contributed by atoms with Crippen LogP contribution >= 0.6 is 0 Å². The maximum absolute atomic E-state index is 11.6. The molecule has 0 saturated carbocycles. The van der Waals surface area contributed by atoms with Crippen LogP contribution in [0.1, 0.15) is 16.7 Å². The highest BCUT2D eigenvalue weighted by Gasteiger charge is 2.28. The van der Waals surface area contributed by atoms with Gasteiger partial charge in [0.25, 0.3) is 0 Å². The summed E-state index contributed by atoms with van der Waals surface area (Å²) in [6.45, 7) is 7.66. The van der Waals surface area contributed by atoms with Crippen molar-refractivity contribution in [3.8, 4) is 0 Å².